The Morgan fingerprint density at radius 3 is 2.03 bits per heavy atom. The van der Waals surface area contributed by atoms with Gasteiger partial charge in [0.15, 0.2) is 5.78 Å². The lowest BCUT2D eigenvalue weighted by molar-refractivity contribution is 0.101. The van der Waals surface area contributed by atoms with E-state index < -0.39 is 9.84 Å². The second-order valence-corrected chi connectivity index (χ2v) is 9.39. The average molecular weight is 464 g/mol. The van der Waals surface area contributed by atoms with Crippen LogP contribution in [0.15, 0.2) is 94.9 Å². The molecule has 0 aliphatic carbocycles. The van der Waals surface area contributed by atoms with E-state index >= 15 is 0 Å². The van der Waals surface area contributed by atoms with Crippen molar-refractivity contribution < 1.29 is 13.2 Å². The smallest absolute Gasteiger partial charge is 0.227 e. The molecule has 0 atom stereocenters. The maximum absolute atomic E-state index is 12.8. The van der Waals surface area contributed by atoms with E-state index in [2.05, 4.69) is 15.3 Å². The second-order valence-electron chi connectivity index (χ2n) is 7.01. The number of rotatable bonds is 6. The number of benzene rings is 3. The fourth-order valence-electron chi connectivity index (χ4n) is 3.05. The standard InChI is InChI=1S/C24H18ClN3O3S/c1-16(29)17-2-8-20(9-3-17)27-24-26-15-14-23(28-24)18-4-10-21(11-5-18)32(30,31)22-12-6-19(25)7-13-22/h2-15H,1H3,(H,26,27,28). The van der Waals surface area contributed by atoms with Gasteiger partial charge in [-0.15, -0.1) is 0 Å². The molecular formula is C24H18ClN3O3S. The van der Waals surface area contributed by atoms with Gasteiger partial charge < -0.3 is 5.32 Å². The van der Waals surface area contributed by atoms with Crippen molar-refractivity contribution in [2.45, 2.75) is 16.7 Å². The summed E-state index contributed by atoms with van der Waals surface area (Å²) in [6.07, 6.45) is 1.62. The lowest BCUT2D eigenvalue weighted by Crippen LogP contribution is -2.02. The molecule has 0 aliphatic heterocycles. The summed E-state index contributed by atoms with van der Waals surface area (Å²) in [6.45, 7) is 1.51. The zero-order valence-corrected chi connectivity index (χ0v) is 18.6. The van der Waals surface area contributed by atoms with Gasteiger partial charge in [0.05, 0.1) is 15.5 Å². The topological polar surface area (TPSA) is 89.0 Å². The molecule has 6 nitrogen and oxygen atoms in total. The van der Waals surface area contributed by atoms with Gasteiger partial charge in [0.25, 0.3) is 0 Å². The van der Waals surface area contributed by atoms with Gasteiger partial charge in [0.1, 0.15) is 0 Å². The summed E-state index contributed by atoms with van der Waals surface area (Å²) in [4.78, 5) is 20.5. The number of hydrogen-bond donors (Lipinski definition) is 1. The van der Waals surface area contributed by atoms with Gasteiger partial charge in [-0.05, 0) is 73.7 Å². The first-order valence-corrected chi connectivity index (χ1v) is 11.5. The molecule has 0 saturated heterocycles. The Balaban J connectivity index is 1.55. The van der Waals surface area contributed by atoms with Crippen LogP contribution in [-0.2, 0) is 9.84 Å². The van der Waals surface area contributed by atoms with Crippen LogP contribution in [0, 0.1) is 0 Å². The molecule has 0 fully saturated rings. The number of sulfone groups is 1. The third kappa shape index (κ3) is 4.69. The van der Waals surface area contributed by atoms with Crippen molar-refractivity contribution in [1.82, 2.24) is 9.97 Å². The molecule has 0 bridgehead atoms. The Morgan fingerprint density at radius 1 is 0.844 bits per heavy atom. The van der Waals surface area contributed by atoms with Crippen molar-refractivity contribution >= 4 is 38.9 Å². The van der Waals surface area contributed by atoms with Crippen molar-refractivity contribution in [3.8, 4) is 11.3 Å². The largest absolute Gasteiger partial charge is 0.324 e. The number of ketones is 1. The van der Waals surface area contributed by atoms with Crippen LogP contribution in [0.5, 0.6) is 0 Å². The SMILES string of the molecule is CC(=O)c1ccc(Nc2nccc(-c3ccc(S(=O)(=O)c4ccc(Cl)cc4)cc3)n2)cc1. The number of carbonyl (C=O) groups excluding carboxylic acids is 1. The Bertz CT molecular complexity index is 1370. The molecule has 1 heterocycles. The Kier molecular flexibility index (Phi) is 6.03. The van der Waals surface area contributed by atoms with E-state index in [1.165, 1.54) is 19.1 Å². The molecule has 4 rings (SSSR count). The molecule has 160 valence electrons. The number of halogens is 1. The minimum Gasteiger partial charge on any atom is -0.324 e. The maximum Gasteiger partial charge on any atom is 0.227 e. The summed E-state index contributed by atoms with van der Waals surface area (Å²) in [7, 11) is -3.64. The van der Waals surface area contributed by atoms with Crippen LogP contribution >= 0.6 is 11.6 Å². The molecular weight excluding hydrogens is 446 g/mol. The molecule has 0 spiro atoms. The predicted octanol–water partition coefficient (Wildman–Crippen LogP) is 5.58. The monoisotopic (exact) mass is 463 g/mol. The van der Waals surface area contributed by atoms with Crippen LogP contribution in [0.4, 0.5) is 11.6 Å². The first-order chi connectivity index (χ1) is 15.3. The minimum absolute atomic E-state index is 0.00341. The van der Waals surface area contributed by atoms with Gasteiger partial charge in [-0.1, -0.05) is 23.7 Å². The zero-order valence-electron chi connectivity index (χ0n) is 17.0. The zero-order chi connectivity index (χ0) is 22.7. The van der Waals surface area contributed by atoms with Crippen LogP contribution in [0.3, 0.4) is 0 Å². The molecule has 8 heteroatoms. The van der Waals surface area contributed by atoms with Crippen LogP contribution in [-0.4, -0.2) is 24.2 Å². The number of anilines is 2. The fourth-order valence-corrected chi connectivity index (χ4v) is 4.44. The number of aromatic nitrogens is 2. The van der Waals surface area contributed by atoms with Gasteiger partial charge >= 0.3 is 0 Å². The Morgan fingerprint density at radius 2 is 1.44 bits per heavy atom. The number of carbonyl (C=O) groups is 1. The first-order valence-electron chi connectivity index (χ1n) is 9.65. The first kappa shape index (κ1) is 21.7. The van der Waals surface area contributed by atoms with Crippen molar-refractivity contribution in [2.75, 3.05) is 5.32 Å². The van der Waals surface area contributed by atoms with Gasteiger partial charge in [-0.2, -0.15) is 0 Å². The molecule has 1 N–H and O–H groups in total. The molecule has 0 saturated carbocycles. The second kappa shape index (κ2) is 8.90. The van der Waals surface area contributed by atoms with E-state index in [1.807, 2.05) is 0 Å². The van der Waals surface area contributed by atoms with Crippen molar-refractivity contribution in [1.29, 1.82) is 0 Å². The third-order valence-electron chi connectivity index (χ3n) is 4.79. The molecule has 0 unspecified atom stereocenters. The average Bonchev–Trinajstić information content (AvgIpc) is 2.80. The molecule has 0 radical (unpaired) electrons. The number of hydrogen-bond acceptors (Lipinski definition) is 6. The normalized spacial score (nSPS) is 11.2. The highest BCUT2D eigenvalue weighted by molar-refractivity contribution is 7.91. The van der Waals surface area contributed by atoms with Crippen molar-refractivity contribution in [3.05, 3.63) is 95.6 Å². The van der Waals surface area contributed by atoms with Crippen LogP contribution in [0.1, 0.15) is 17.3 Å². The van der Waals surface area contributed by atoms with E-state index in [9.17, 15) is 13.2 Å². The van der Waals surface area contributed by atoms with Crippen molar-refractivity contribution in [2.24, 2.45) is 0 Å². The summed E-state index contributed by atoms with van der Waals surface area (Å²) in [5.41, 5.74) is 2.76. The van der Waals surface area contributed by atoms with Crippen LogP contribution in [0.25, 0.3) is 11.3 Å². The predicted molar refractivity (Wildman–Crippen MR) is 124 cm³/mol. The van der Waals surface area contributed by atoms with E-state index in [0.29, 0.717) is 22.2 Å². The molecule has 0 amide bonds. The molecule has 0 aliphatic rings. The highest BCUT2D eigenvalue weighted by atomic mass is 35.5. The summed E-state index contributed by atoms with van der Waals surface area (Å²) in [5, 5.41) is 3.58. The van der Waals surface area contributed by atoms with Gasteiger partial charge in [0.2, 0.25) is 15.8 Å². The highest BCUT2D eigenvalue weighted by Crippen LogP contribution is 2.26. The van der Waals surface area contributed by atoms with E-state index in [0.717, 1.165) is 11.3 Å². The summed E-state index contributed by atoms with van der Waals surface area (Å²) < 4.78 is 25.6. The minimum atomic E-state index is -3.64. The summed E-state index contributed by atoms with van der Waals surface area (Å²) in [5.74, 6) is 0.382. The number of Topliss-reactive ketones (excluding diaryl/α,β-unsaturated/α-hetero) is 1. The maximum atomic E-state index is 12.8. The quantitative estimate of drug-likeness (QED) is 0.376. The fraction of sp³-hybridized carbons (Fsp3) is 0.0417. The molecule has 32 heavy (non-hydrogen) atoms. The summed E-state index contributed by atoms with van der Waals surface area (Å²) >= 11 is 5.85. The van der Waals surface area contributed by atoms with Crippen LogP contribution in [0.2, 0.25) is 5.02 Å². The van der Waals surface area contributed by atoms with Gasteiger partial charge in [0, 0.05) is 28.0 Å². The Labute approximate surface area is 190 Å². The van der Waals surface area contributed by atoms with E-state index in [1.54, 1.807) is 72.9 Å². The lowest BCUT2D eigenvalue weighted by atomic mass is 10.1. The van der Waals surface area contributed by atoms with Crippen molar-refractivity contribution in [3.63, 3.8) is 0 Å². The third-order valence-corrected chi connectivity index (χ3v) is 6.82. The molecule has 1 aromatic heterocycles. The van der Waals surface area contributed by atoms with Gasteiger partial charge in [-0.25, -0.2) is 18.4 Å². The van der Waals surface area contributed by atoms with E-state index in [4.69, 9.17) is 11.6 Å². The highest BCUT2D eigenvalue weighted by Gasteiger charge is 2.17. The van der Waals surface area contributed by atoms with E-state index in [-0.39, 0.29) is 15.6 Å². The number of nitrogens with one attached hydrogen (secondary N) is 1. The van der Waals surface area contributed by atoms with Crippen LogP contribution < -0.4 is 5.32 Å². The molecule has 3 aromatic carbocycles. The lowest BCUT2D eigenvalue weighted by Gasteiger charge is -2.08. The van der Waals surface area contributed by atoms with Gasteiger partial charge in [-0.3, -0.25) is 4.79 Å². The Hall–Kier alpha value is -3.55. The number of nitrogens with zero attached hydrogens (tertiary/aromatic N) is 2. The molecule has 4 aromatic rings. The summed E-state index contributed by atoms with van der Waals surface area (Å²) in [6, 6.07) is 21.3.